The van der Waals surface area contributed by atoms with Crippen molar-refractivity contribution >= 4 is 16.0 Å². The highest BCUT2D eigenvalue weighted by atomic mass is 32.2. The lowest BCUT2D eigenvalue weighted by Crippen LogP contribution is -2.38. The molecule has 0 saturated heterocycles. The number of fused-ring (bicyclic) bond motifs is 4. The van der Waals surface area contributed by atoms with E-state index in [1.165, 1.54) is 12.1 Å². The van der Waals surface area contributed by atoms with Crippen LogP contribution in [0.5, 0.6) is 11.6 Å². The summed E-state index contributed by atoms with van der Waals surface area (Å²) in [6.07, 6.45) is -0.338. The molecule has 1 aliphatic heterocycles. The standard InChI is InChI=1S/C25H30N4O5S/c1-15(2)10-18-14-34-23-13-22(21-12-19(33-4)9-8-16(21)3)27-25(28-23)29-35(31,32)20-7-5-6-17(11-20)24(30)26-18/h5-9,11-13,15,18,24,26,30H,10,14H2,1-4H3,(H,27,28,29)/t18-,24?/m1/s1. The summed E-state index contributed by atoms with van der Waals surface area (Å²) in [4.78, 5) is 8.79. The molecule has 0 fully saturated rings. The molecule has 0 amide bonds. The molecular formula is C25H30N4O5S. The first-order valence-electron chi connectivity index (χ1n) is 11.4. The Balaban J connectivity index is 1.83. The third-order valence-corrected chi connectivity index (χ3v) is 7.04. The molecule has 1 aromatic heterocycles. The molecule has 0 saturated carbocycles. The van der Waals surface area contributed by atoms with Crippen LogP contribution < -0.4 is 19.5 Å². The Hall–Kier alpha value is -3.21. The van der Waals surface area contributed by atoms with Crippen LogP contribution in [0, 0.1) is 12.8 Å². The maximum absolute atomic E-state index is 13.2. The number of nitrogens with zero attached hydrogens (tertiary/aromatic N) is 2. The number of rotatable bonds is 4. The normalized spacial score (nSPS) is 19.5. The molecule has 1 unspecified atom stereocenters. The van der Waals surface area contributed by atoms with Crippen molar-refractivity contribution in [2.24, 2.45) is 5.92 Å². The fraction of sp³-hybridized carbons (Fsp3) is 0.360. The quantitative estimate of drug-likeness (QED) is 0.498. The summed E-state index contributed by atoms with van der Waals surface area (Å²) in [5.74, 6) is 1.08. The third kappa shape index (κ3) is 5.90. The van der Waals surface area contributed by atoms with E-state index in [4.69, 9.17) is 9.47 Å². The van der Waals surface area contributed by atoms with Gasteiger partial charge >= 0.3 is 0 Å². The zero-order valence-corrected chi connectivity index (χ0v) is 21.0. The summed E-state index contributed by atoms with van der Waals surface area (Å²) >= 11 is 0. The maximum atomic E-state index is 13.2. The van der Waals surface area contributed by atoms with E-state index < -0.39 is 16.3 Å². The van der Waals surface area contributed by atoms with Gasteiger partial charge < -0.3 is 14.6 Å². The van der Waals surface area contributed by atoms with E-state index in [0.717, 1.165) is 17.5 Å². The van der Waals surface area contributed by atoms with E-state index in [9.17, 15) is 13.5 Å². The van der Waals surface area contributed by atoms with Crippen molar-refractivity contribution in [2.45, 2.75) is 44.4 Å². The lowest BCUT2D eigenvalue weighted by atomic mass is 10.0. The lowest BCUT2D eigenvalue weighted by Gasteiger charge is -2.24. The van der Waals surface area contributed by atoms with Crippen LogP contribution >= 0.6 is 0 Å². The maximum Gasteiger partial charge on any atom is 0.264 e. The number of aryl methyl sites for hydroxylation is 1. The van der Waals surface area contributed by atoms with Crippen LogP contribution in [-0.4, -0.2) is 43.3 Å². The minimum atomic E-state index is -4.03. The summed E-state index contributed by atoms with van der Waals surface area (Å²) in [6.45, 7) is 6.31. The highest BCUT2D eigenvalue weighted by molar-refractivity contribution is 7.92. The topological polar surface area (TPSA) is 123 Å². The Kier molecular flexibility index (Phi) is 7.25. The number of aliphatic hydroxyl groups is 1. The number of nitrogens with one attached hydrogen (secondary N) is 2. The smallest absolute Gasteiger partial charge is 0.264 e. The number of hydrogen-bond donors (Lipinski definition) is 3. The first-order valence-corrected chi connectivity index (χ1v) is 12.9. The third-order valence-electron chi connectivity index (χ3n) is 5.72. The summed E-state index contributed by atoms with van der Waals surface area (Å²) in [5.41, 5.74) is 2.61. The van der Waals surface area contributed by atoms with Gasteiger partial charge in [0.05, 0.1) is 17.7 Å². The van der Waals surface area contributed by atoms with Gasteiger partial charge in [0.15, 0.2) is 0 Å². The number of benzene rings is 2. The Morgan fingerprint density at radius 1 is 1.17 bits per heavy atom. The fourth-order valence-electron chi connectivity index (χ4n) is 3.98. The molecule has 2 aromatic carbocycles. The molecule has 1 aliphatic rings. The zero-order valence-electron chi connectivity index (χ0n) is 20.1. The number of methoxy groups -OCH3 is 1. The number of anilines is 1. The van der Waals surface area contributed by atoms with Gasteiger partial charge in [-0.2, -0.15) is 4.98 Å². The first-order chi connectivity index (χ1) is 16.6. The minimum Gasteiger partial charge on any atom is -0.497 e. The number of hydrogen-bond acceptors (Lipinski definition) is 8. The number of sulfonamides is 1. The molecule has 9 nitrogen and oxygen atoms in total. The average Bonchev–Trinajstić information content (AvgIpc) is 2.82. The van der Waals surface area contributed by atoms with E-state index in [2.05, 4.69) is 33.9 Å². The second kappa shape index (κ2) is 10.2. The molecule has 0 aliphatic carbocycles. The van der Waals surface area contributed by atoms with Gasteiger partial charge in [-0.1, -0.05) is 32.0 Å². The SMILES string of the molecule is COc1ccc(C)c(-c2cc3nc(n2)NS(=O)(=O)c2cccc(c2)C(O)N[C@H](CC(C)C)CO3)c1. The molecule has 3 aromatic rings. The monoisotopic (exact) mass is 498 g/mol. The van der Waals surface area contributed by atoms with E-state index in [1.54, 1.807) is 25.3 Å². The molecule has 186 valence electrons. The second-order valence-electron chi connectivity index (χ2n) is 8.98. The van der Waals surface area contributed by atoms with Crippen molar-refractivity contribution in [3.05, 3.63) is 59.7 Å². The van der Waals surface area contributed by atoms with Crippen LogP contribution in [0.3, 0.4) is 0 Å². The minimum absolute atomic E-state index is 0.00969. The van der Waals surface area contributed by atoms with Gasteiger partial charge in [-0.15, -0.1) is 0 Å². The first kappa shape index (κ1) is 24.9. The fourth-order valence-corrected chi connectivity index (χ4v) is 4.97. The molecule has 3 N–H and O–H groups in total. The zero-order chi connectivity index (χ0) is 25.2. The van der Waals surface area contributed by atoms with Crippen LogP contribution in [-0.2, 0) is 10.0 Å². The Bertz CT molecular complexity index is 1310. The van der Waals surface area contributed by atoms with E-state index in [0.29, 0.717) is 22.9 Å². The van der Waals surface area contributed by atoms with Crippen molar-refractivity contribution in [1.29, 1.82) is 0 Å². The summed E-state index contributed by atoms with van der Waals surface area (Å²) in [7, 11) is -2.45. The highest BCUT2D eigenvalue weighted by Gasteiger charge is 2.23. The van der Waals surface area contributed by atoms with Crippen LogP contribution in [0.25, 0.3) is 11.3 Å². The molecule has 0 spiro atoms. The van der Waals surface area contributed by atoms with Gasteiger partial charge in [0, 0.05) is 17.7 Å². The summed E-state index contributed by atoms with van der Waals surface area (Å²) in [6, 6.07) is 13.2. The molecule has 0 radical (unpaired) electrons. The molecule has 10 heteroatoms. The molecule has 4 rings (SSSR count). The van der Waals surface area contributed by atoms with Crippen LogP contribution in [0.1, 0.15) is 37.6 Å². The lowest BCUT2D eigenvalue weighted by molar-refractivity contribution is 0.101. The molecule has 2 atom stereocenters. The van der Waals surface area contributed by atoms with Crippen molar-refractivity contribution < 1.29 is 23.0 Å². The number of aromatic nitrogens is 2. The van der Waals surface area contributed by atoms with E-state index >= 15 is 0 Å². The second-order valence-corrected chi connectivity index (χ2v) is 10.7. The van der Waals surface area contributed by atoms with Gasteiger partial charge in [0.1, 0.15) is 18.6 Å². The van der Waals surface area contributed by atoms with Crippen LogP contribution in [0.15, 0.2) is 53.4 Å². The average molecular weight is 499 g/mol. The predicted molar refractivity (Wildman–Crippen MR) is 133 cm³/mol. The number of ether oxygens (including phenoxy) is 2. The van der Waals surface area contributed by atoms with Crippen molar-refractivity contribution in [3.63, 3.8) is 0 Å². The van der Waals surface area contributed by atoms with Gasteiger partial charge in [-0.3, -0.25) is 5.32 Å². The van der Waals surface area contributed by atoms with Gasteiger partial charge in [0.25, 0.3) is 10.0 Å². The molecular weight excluding hydrogens is 468 g/mol. The largest absolute Gasteiger partial charge is 0.497 e. The van der Waals surface area contributed by atoms with Gasteiger partial charge in [-0.05, 0) is 54.7 Å². The number of aliphatic hydroxyl groups excluding tert-OH is 1. The summed E-state index contributed by atoms with van der Waals surface area (Å²) < 4.78 is 40.1. The predicted octanol–water partition coefficient (Wildman–Crippen LogP) is 3.65. The summed E-state index contributed by atoms with van der Waals surface area (Å²) in [5, 5.41) is 13.9. The molecule has 2 heterocycles. The highest BCUT2D eigenvalue weighted by Crippen LogP contribution is 2.30. The Morgan fingerprint density at radius 2 is 1.97 bits per heavy atom. The molecule has 35 heavy (non-hydrogen) atoms. The van der Waals surface area contributed by atoms with Gasteiger partial charge in [0.2, 0.25) is 11.8 Å². The Morgan fingerprint density at radius 3 is 2.71 bits per heavy atom. The van der Waals surface area contributed by atoms with E-state index in [-0.39, 0.29) is 29.4 Å². The van der Waals surface area contributed by atoms with E-state index in [1.807, 2.05) is 25.1 Å². The van der Waals surface area contributed by atoms with Crippen molar-refractivity contribution in [2.75, 3.05) is 18.4 Å². The van der Waals surface area contributed by atoms with Crippen LogP contribution in [0.4, 0.5) is 5.95 Å². The Labute approximate surface area is 205 Å². The molecule has 4 bridgehead atoms. The van der Waals surface area contributed by atoms with Gasteiger partial charge in [-0.25, -0.2) is 18.1 Å². The van der Waals surface area contributed by atoms with Crippen LogP contribution in [0.2, 0.25) is 0 Å². The van der Waals surface area contributed by atoms with Crippen molar-refractivity contribution in [1.82, 2.24) is 15.3 Å². The van der Waals surface area contributed by atoms with Crippen molar-refractivity contribution in [3.8, 4) is 22.9 Å².